The predicted octanol–water partition coefficient (Wildman–Crippen LogP) is 6.60. The Morgan fingerprint density at radius 2 is 1.82 bits per heavy atom. The van der Waals surface area contributed by atoms with E-state index in [0.29, 0.717) is 38.9 Å². The van der Waals surface area contributed by atoms with Crippen LogP contribution in [0.15, 0.2) is 65.1 Å². The third kappa shape index (κ3) is 4.79. The third-order valence-electron chi connectivity index (χ3n) is 3.92. The Morgan fingerprint density at radius 3 is 2.54 bits per heavy atom. The van der Waals surface area contributed by atoms with E-state index < -0.39 is 0 Å². The molecule has 3 aromatic rings. The van der Waals surface area contributed by atoms with Crippen LogP contribution in [0.4, 0.5) is 5.69 Å². The van der Waals surface area contributed by atoms with Crippen molar-refractivity contribution in [3.8, 4) is 11.5 Å². The first-order chi connectivity index (χ1) is 13.5. The minimum Gasteiger partial charge on any atom is -0.493 e. The summed E-state index contributed by atoms with van der Waals surface area (Å²) in [5, 5.41) is 3.40. The number of amides is 1. The average molecular weight is 481 g/mol. The molecule has 1 N–H and O–H groups in total. The Kier molecular flexibility index (Phi) is 6.83. The molecule has 4 nitrogen and oxygen atoms in total. The lowest BCUT2D eigenvalue weighted by molar-refractivity contribution is 0.102. The monoisotopic (exact) mass is 479 g/mol. The molecule has 1 amide bonds. The van der Waals surface area contributed by atoms with Gasteiger partial charge in [-0.05, 0) is 45.8 Å². The van der Waals surface area contributed by atoms with Gasteiger partial charge in [0, 0.05) is 5.56 Å². The summed E-state index contributed by atoms with van der Waals surface area (Å²) in [5.41, 5.74) is 1.83. The normalized spacial score (nSPS) is 10.4. The fourth-order valence-corrected chi connectivity index (χ4v) is 3.42. The molecule has 0 spiro atoms. The molecule has 0 saturated heterocycles. The first-order valence-electron chi connectivity index (χ1n) is 8.29. The van der Waals surface area contributed by atoms with E-state index >= 15 is 0 Å². The SMILES string of the molecule is COc1cc(C(=O)Nc2cccc(Cl)c2Cl)cc(Br)c1OCc1ccccc1. The van der Waals surface area contributed by atoms with Gasteiger partial charge in [0.2, 0.25) is 0 Å². The predicted molar refractivity (Wildman–Crippen MR) is 116 cm³/mol. The second-order valence-corrected chi connectivity index (χ2v) is 7.46. The van der Waals surface area contributed by atoms with E-state index in [-0.39, 0.29) is 10.9 Å². The van der Waals surface area contributed by atoms with E-state index in [4.69, 9.17) is 32.7 Å². The molecule has 28 heavy (non-hydrogen) atoms. The van der Waals surface area contributed by atoms with Gasteiger partial charge in [-0.15, -0.1) is 0 Å². The molecule has 0 atom stereocenters. The van der Waals surface area contributed by atoms with Crippen LogP contribution in [-0.2, 0) is 6.61 Å². The molecule has 0 unspecified atom stereocenters. The van der Waals surface area contributed by atoms with Crippen molar-refractivity contribution in [1.82, 2.24) is 0 Å². The van der Waals surface area contributed by atoms with Crippen LogP contribution in [-0.4, -0.2) is 13.0 Å². The number of hydrogen-bond donors (Lipinski definition) is 1. The van der Waals surface area contributed by atoms with Crippen molar-refractivity contribution in [3.05, 3.63) is 86.3 Å². The van der Waals surface area contributed by atoms with Crippen molar-refractivity contribution in [3.63, 3.8) is 0 Å². The standard InChI is InChI=1S/C21H16BrCl2NO3/c1-27-18-11-14(21(26)25-17-9-5-8-16(23)19(17)24)10-15(22)20(18)28-12-13-6-3-2-4-7-13/h2-11H,12H2,1H3,(H,25,26). The van der Waals surface area contributed by atoms with Gasteiger partial charge in [0.15, 0.2) is 11.5 Å². The van der Waals surface area contributed by atoms with E-state index in [0.717, 1.165) is 5.56 Å². The second kappa shape index (κ2) is 9.32. The highest BCUT2D eigenvalue weighted by molar-refractivity contribution is 9.10. The van der Waals surface area contributed by atoms with Crippen LogP contribution >= 0.6 is 39.1 Å². The van der Waals surface area contributed by atoms with Crippen LogP contribution in [0, 0.1) is 0 Å². The molecular weight excluding hydrogens is 465 g/mol. The van der Waals surface area contributed by atoms with E-state index in [1.54, 1.807) is 30.3 Å². The fourth-order valence-electron chi connectivity index (χ4n) is 2.52. The van der Waals surface area contributed by atoms with Crippen LogP contribution in [0.25, 0.3) is 0 Å². The molecule has 0 aliphatic heterocycles. The first-order valence-corrected chi connectivity index (χ1v) is 9.84. The number of benzene rings is 3. The molecule has 7 heteroatoms. The lowest BCUT2D eigenvalue weighted by atomic mass is 10.1. The fraction of sp³-hybridized carbons (Fsp3) is 0.0952. The molecule has 0 aromatic heterocycles. The molecular formula is C21H16BrCl2NO3. The number of anilines is 1. The Morgan fingerprint density at radius 1 is 1.07 bits per heavy atom. The van der Waals surface area contributed by atoms with Crippen molar-refractivity contribution in [2.75, 3.05) is 12.4 Å². The van der Waals surface area contributed by atoms with Gasteiger partial charge in [-0.25, -0.2) is 0 Å². The van der Waals surface area contributed by atoms with E-state index in [2.05, 4.69) is 21.2 Å². The summed E-state index contributed by atoms with van der Waals surface area (Å²) >= 11 is 15.6. The first kappa shape index (κ1) is 20.5. The van der Waals surface area contributed by atoms with Gasteiger partial charge in [0.1, 0.15) is 6.61 Å². The number of halogens is 3. The maximum Gasteiger partial charge on any atom is 0.255 e. The third-order valence-corrected chi connectivity index (χ3v) is 5.33. The van der Waals surface area contributed by atoms with Gasteiger partial charge in [0.25, 0.3) is 5.91 Å². The van der Waals surface area contributed by atoms with Crippen LogP contribution in [0.1, 0.15) is 15.9 Å². The molecule has 0 aliphatic rings. The molecule has 0 fully saturated rings. The summed E-state index contributed by atoms with van der Waals surface area (Å²) in [6.45, 7) is 0.374. The van der Waals surface area contributed by atoms with Crippen molar-refractivity contribution < 1.29 is 14.3 Å². The maximum absolute atomic E-state index is 12.7. The molecule has 3 rings (SSSR count). The van der Waals surface area contributed by atoms with E-state index in [9.17, 15) is 4.79 Å². The van der Waals surface area contributed by atoms with Crippen LogP contribution in [0.5, 0.6) is 11.5 Å². The van der Waals surface area contributed by atoms with Crippen LogP contribution < -0.4 is 14.8 Å². The molecule has 144 valence electrons. The summed E-state index contributed by atoms with van der Waals surface area (Å²) in [6.07, 6.45) is 0. The molecule has 0 heterocycles. The van der Waals surface area contributed by atoms with Gasteiger partial charge >= 0.3 is 0 Å². The van der Waals surface area contributed by atoms with Gasteiger partial charge < -0.3 is 14.8 Å². The minimum atomic E-state index is -0.349. The highest BCUT2D eigenvalue weighted by Gasteiger charge is 2.17. The molecule has 0 aliphatic carbocycles. The zero-order valence-corrected chi connectivity index (χ0v) is 17.9. The Balaban J connectivity index is 1.82. The van der Waals surface area contributed by atoms with Gasteiger partial charge in [0.05, 0.1) is 27.3 Å². The lowest BCUT2D eigenvalue weighted by Crippen LogP contribution is -2.13. The van der Waals surface area contributed by atoms with Crippen molar-refractivity contribution >= 4 is 50.7 Å². The minimum absolute atomic E-state index is 0.284. The van der Waals surface area contributed by atoms with Gasteiger partial charge in [-0.1, -0.05) is 59.6 Å². The number of hydrogen-bond acceptors (Lipinski definition) is 3. The summed E-state index contributed by atoms with van der Waals surface area (Å²) in [4.78, 5) is 12.7. The zero-order valence-electron chi connectivity index (χ0n) is 14.8. The van der Waals surface area contributed by atoms with E-state index in [1.165, 1.54) is 7.11 Å². The number of rotatable bonds is 6. The lowest BCUT2D eigenvalue weighted by Gasteiger charge is -2.15. The zero-order chi connectivity index (χ0) is 20.1. The quantitative estimate of drug-likeness (QED) is 0.432. The van der Waals surface area contributed by atoms with Crippen molar-refractivity contribution in [1.29, 1.82) is 0 Å². The Labute approximate surface area is 181 Å². The van der Waals surface area contributed by atoms with Crippen molar-refractivity contribution in [2.24, 2.45) is 0 Å². The largest absolute Gasteiger partial charge is 0.493 e. The van der Waals surface area contributed by atoms with Gasteiger partial charge in [-0.3, -0.25) is 4.79 Å². The van der Waals surface area contributed by atoms with Crippen LogP contribution in [0.3, 0.4) is 0 Å². The number of ether oxygens (including phenoxy) is 2. The second-order valence-electron chi connectivity index (χ2n) is 5.82. The van der Waals surface area contributed by atoms with Gasteiger partial charge in [-0.2, -0.15) is 0 Å². The summed E-state index contributed by atoms with van der Waals surface area (Å²) in [7, 11) is 1.52. The summed E-state index contributed by atoms with van der Waals surface area (Å²) in [6, 6.07) is 18.1. The number of nitrogens with one attached hydrogen (secondary N) is 1. The maximum atomic E-state index is 12.7. The highest BCUT2D eigenvalue weighted by Crippen LogP contribution is 2.38. The number of methoxy groups -OCH3 is 1. The molecule has 3 aromatic carbocycles. The van der Waals surface area contributed by atoms with E-state index in [1.807, 2.05) is 30.3 Å². The molecule has 0 bridgehead atoms. The van der Waals surface area contributed by atoms with Crippen molar-refractivity contribution in [2.45, 2.75) is 6.61 Å². The molecule has 0 saturated carbocycles. The van der Waals surface area contributed by atoms with Crippen LogP contribution in [0.2, 0.25) is 10.0 Å². The smallest absolute Gasteiger partial charge is 0.255 e. The molecule has 0 radical (unpaired) electrons. The average Bonchev–Trinajstić information content (AvgIpc) is 2.70. The summed E-state index contributed by atoms with van der Waals surface area (Å²) in [5.74, 6) is 0.606. The Hall–Kier alpha value is -2.21. The summed E-state index contributed by atoms with van der Waals surface area (Å²) < 4.78 is 11.9. The number of carbonyl (C=O) groups excluding carboxylic acids is 1. The number of carbonyl (C=O) groups is 1. The highest BCUT2D eigenvalue weighted by atomic mass is 79.9. The topological polar surface area (TPSA) is 47.6 Å². The Bertz CT molecular complexity index is 996.